The summed E-state index contributed by atoms with van der Waals surface area (Å²) in [5.74, 6) is 0. The van der Waals surface area contributed by atoms with E-state index in [1.54, 1.807) is 23.9 Å². The van der Waals surface area contributed by atoms with E-state index in [1.807, 2.05) is 30.5 Å². The van der Waals surface area contributed by atoms with Crippen molar-refractivity contribution in [3.8, 4) is 0 Å². The van der Waals surface area contributed by atoms with Crippen molar-refractivity contribution in [2.45, 2.75) is 11.4 Å². The molecule has 0 atom stereocenters. The minimum absolute atomic E-state index is 0.0659. The van der Waals surface area contributed by atoms with Crippen LogP contribution in [0.4, 0.5) is 11.4 Å². The van der Waals surface area contributed by atoms with Gasteiger partial charge in [0.1, 0.15) is 5.02 Å². The average molecular weight is 309 g/mol. The third-order valence-corrected chi connectivity index (χ3v) is 3.82. The molecule has 104 valence electrons. The Labute approximate surface area is 126 Å². The lowest BCUT2D eigenvalue weighted by Crippen LogP contribution is -2.00. The minimum Gasteiger partial charge on any atom is -0.381 e. The zero-order valence-corrected chi connectivity index (χ0v) is 12.4. The molecule has 0 saturated heterocycles. The molecular weight excluding hydrogens is 296 g/mol. The maximum absolute atomic E-state index is 10.8. The summed E-state index contributed by atoms with van der Waals surface area (Å²) in [6.45, 7) is 0.510. The van der Waals surface area contributed by atoms with Gasteiger partial charge in [-0.3, -0.25) is 10.1 Å². The van der Waals surface area contributed by atoms with Crippen molar-refractivity contribution in [1.29, 1.82) is 0 Å². The number of hydrogen-bond acceptors (Lipinski definition) is 4. The Bertz CT molecular complexity index is 634. The first-order chi connectivity index (χ1) is 9.60. The number of nitrogens with zero attached hydrogens (tertiary/aromatic N) is 1. The van der Waals surface area contributed by atoms with Gasteiger partial charge in [0.05, 0.1) is 4.92 Å². The number of rotatable bonds is 5. The van der Waals surface area contributed by atoms with E-state index < -0.39 is 4.92 Å². The molecule has 0 saturated carbocycles. The highest BCUT2D eigenvalue weighted by Gasteiger charge is 2.12. The van der Waals surface area contributed by atoms with Crippen LogP contribution >= 0.6 is 23.4 Å². The van der Waals surface area contributed by atoms with Crippen LogP contribution in [0.15, 0.2) is 47.4 Å². The Balaban J connectivity index is 2.10. The molecule has 0 unspecified atom stereocenters. The summed E-state index contributed by atoms with van der Waals surface area (Å²) in [6, 6.07) is 12.8. The van der Waals surface area contributed by atoms with Gasteiger partial charge in [0.25, 0.3) is 5.69 Å². The normalized spacial score (nSPS) is 10.3. The van der Waals surface area contributed by atoms with Gasteiger partial charge in [-0.15, -0.1) is 11.8 Å². The van der Waals surface area contributed by atoms with Crippen molar-refractivity contribution in [2.24, 2.45) is 0 Å². The summed E-state index contributed by atoms with van der Waals surface area (Å²) in [5, 5.41) is 14.2. The van der Waals surface area contributed by atoms with E-state index in [4.69, 9.17) is 11.6 Å². The Kier molecular flexibility index (Phi) is 4.87. The van der Waals surface area contributed by atoms with Crippen LogP contribution in [-0.2, 0) is 6.54 Å². The van der Waals surface area contributed by atoms with E-state index in [9.17, 15) is 10.1 Å². The van der Waals surface area contributed by atoms with Gasteiger partial charge in [-0.2, -0.15) is 0 Å². The largest absolute Gasteiger partial charge is 0.381 e. The molecule has 0 bridgehead atoms. The molecule has 0 aliphatic heterocycles. The minimum atomic E-state index is -0.472. The molecule has 0 amide bonds. The van der Waals surface area contributed by atoms with Crippen LogP contribution in [0.1, 0.15) is 5.56 Å². The Morgan fingerprint density at radius 3 is 2.80 bits per heavy atom. The number of nitro groups is 1. The van der Waals surface area contributed by atoms with Crippen LogP contribution in [0.25, 0.3) is 0 Å². The van der Waals surface area contributed by atoms with Gasteiger partial charge >= 0.3 is 0 Å². The molecule has 0 radical (unpaired) electrons. The van der Waals surface area contributed by atoms with Crippen molar-refractivity contribution < 1.29 is 4.92 Å². The summed E-state index contributed by atoms with van der Waals surface area (Å²) < 4.78 is 0. The maximum Gasteiger partial charge on any atom is 0.288 e. The number of halogens is 1. The van der Waals surface area contributed by atoms with Gasteiger partial charge in [0, 0.05) is 23.2 Å². The number of benzene rings is 2. The van der Waals surface area contributed by atoms with Crippen LogP contribution in [0.2, 0.25) is 5.02 Å². The third-order valence-electron chi connectivity index (χ3n) is 2.77. The SMILES string of the molecule is CSc1cccc(NCc2ccc(Cl)c([N+](=O)[O-])c2)c1. The van der Waals surface area contributed by atoms with E-state index in [2.05, 4.69) is 5.32 Å². The number of hydrogen-bond donors (Lipinski definition) is 1. The molecule has 1 N–H and O–H groups in total. The molecule has 0 spiro atoms. The summed E-state index contributed by atoms with van der Waals surface area (Å²) in [6.07, 6.45) is 2.02. The topological polar surface area (TPSA) is 55.2 Å². The molecule has 2 aromatic rings. The second kappa shape index (κ2) is 6.63. The first-order valence-electron chi connectivity index (χ1n) is 5.91. The van der Waals surface area contributed by atoms with Gasteiger partial charge in [-0.25, -0.2) is 0 Å². The van der Waals surface area contributed by atoms with Crippen LogP contribution in [0.3, 0.4) is 0 Å². The predicted molar refractivity (Wildman–Crippen MR) is 83.7 cm³/mol. The molecule has 20 heavy (non-hydrogen) atoms. The summed E-state index contributed by atoms with van der Waals surface area (Å²) in [4.78, 5) is 11.5. The van der Waals surface area contributed by atoms with Crippen LogP contribution in [0.5, 0.6) is 0 Å². The molecule has 0 heterocycles. The number of thioether (sulfide) groups is 1. The van der Waals surface area contributed by atoms with E-state index in [-0.39, 0.29) is 10.7 Å². The lowest BCUT2D eigenvalue weighted by molar-refractivity contribution is -0.384. The highest BCUT2D eigenvalue weighted by molar-refractivity contribution is 7.98. The highest BCUT2D eigenvalue weighted by Crippen LogP contribution is 2.26. The standard InChI is InChI=1S/C14H13ClN2O2S/c1-20-12-4-2-3-11(8-12)16-9-10-5-6-13(15)14(7-10)17(18)19/h2-8,16H,9H2,1H3. The molecule has 6 heteroatoms. The first kappa shape index (κ1) is 14.7. The van der Waals surface area contributed by atoms with Crippen molar-refractivity contribution in [3.05, 3.63) is 63.2 Å². The number of nitrogens with one attached hydrogen (secondary N) is 1. The molecule has 4 nitrogen and oxygen atoms in total. The van der Waals surface area contributed by atoms with Gasteiger partial charge in [0.15, 0.2) is 0 Å². The summed E-state index contributed by atoms with van der Waals surface area (Å²) in [7, 11) is 0. The predicted octanol–water partition coefficient (Wildman–Crippen LogP) is 4.58. The van der Waals surface area contributed by atoms with Gasteiger partial charge in [-0.1, -0.05) is 23.7 Å². The molecule has 0 aliphatic rings. The third kappa shape index (κ3) is 3.65. The maximum atomic E-state index is 10.8. The fourth-order valence-corrected chi connectivity index (χ4v) is 2.39. The highest BCUT2D eigenvalue weighted by atomic mass is 35.5. The first-order valence-corrected chi connectivity index (χ1v) is 7.51. The zero-order chi connectivity index (χ0) is 14.5. The molecule has 0 aromatic heterocycles. The quantitative estimate of drug-likeness (QED) is 0.499. The van der Waals surface area contributed by atoms with Crippen LogP contribution in [-0.4, -0.2) is 11.2 Å². The Morgan fingerprint density at radius 2 is 2.10 bits per heavy atom. The van der Waals surface area contributed by atoms with E-state index in [0.717, 1.165) is 16.1 Å². The Hall–Kier alpha value is -1.72. The second-order valence-electron chi connectivity index (χ2n) is 4.13. The lowest BCUT2D eigenvalue weighted by Gasteiger charge is -2.08. The van der Waals surface area contributed by atoms with Gasteiger partial charge < -0.3 is 5.32 Å². The van der Waals surface area contributed by atoms with E-state index in [1.165, 1.54) is 6.07 Å². The van der Waals surface area contributed by atoms with E-state index >= 15 is 0 Å². The molecule has 0 aliphatic carbocycles. The fourth-order valence-electron chi connectivity index (χ4n) is 1.75. The number of nitro benzene ring substituents is 1. The van der Waals surface area contributed by atoms with Crippen molar-refractivity contribution >= 4 is 34.7 Å². The smallest absolute Gasteiger partial charge is 0.288 e. The zero-order valence-electron chi connectivity index (χ0n) is 10.8. The fraction of sp³-hybridized carbons (Fsp3) is 0.143. The van der Waals surface area contributed by atoms with Gasteiger partial charge in [-0.05, 0) is 36.1 Å². The van der Waals surface area contributed by atoms with Crippen LogP contribution in [0, 0.1) is 10.1 Å². The number of anilines is 1. The summed E-state index contributed by atoms with van der Waals surface area (Å²) in [5.41, 5.74) is 1.73. The Morgan fingerprint density at radius 1 is 1.30 bits per heavy atom. The summed E-state index contributed by atoms with van der Waals surface area (Å²) >= 11 is 7.45. The van der Waals surface area contributed by atoms with E-state index in [0.29, 0.717) is 6.54 Å². The molecule has 2 aromatic carbocycles. The molecule has 2 rings (SSSR count). The average Bonchev–Trinajstić information content (AvgIpc) is 2.46. The van der Waals surface area contributed by atoms with Crippen molar-refractivity contribution in [2.75, 3.05) is 11.6 Å². The van der Waals surface area contributed by atoms with Gasteiger partial charge in [0.2, 0.25) is 0 Å². The molecule has 0 fully saturated rings. The van der Waals surface area contributed by atoms with Crippen molar-refractivity contribution in [1.82, 2.24) is 0 Å². The van der Waals surface area contributed by atoms with Crippen molar-refractivity contribution in [3.63, 3.8) is 0 Å². The lowest BCUT2D eigenvalue weighted by atomic mass is 10.2. The molecular formula is C14H13ClN2O2S. The van der Waals surface area contributed by atoms with Crippen LogP contribution < -0.4 is 5.32 Å². The second-order valence-corrected chi connectivity index (χ2v) is 5.42. The monoisotopic (exact) mass is 308 g/mol.